The summed E-state index contributed by atoms with van der Waals surface area (Å²) >= 11 is 5.72. The van der Waals surface area contributed by atoms with Gasteiger partial charge in [-0.2, -0.15) is 0 Å². The molecule has 1 unspecified atom stereocenters. The Labute approximate surface area is 102 Å². The lowest BCUT2D eigenvalue weighted by Crippen LogP contribution is -2.11. The van der Waals surface area contributed by atoms with Crippen LogP contribution in [-0.4, -0.2) is 10.1 Å². The maximum absolute atomic E-state index is 10.1. The van der Waals surface area contributed by atoms with Crippen molar-refractivity contribution in [1.82, 2.24) is 4.98 Å². The molecule has 0 bridgehead atoms. The number of aliphatic hydroxyl groups excluding tert-OH is 1. The standard InChI is InChI=1S/C13H18ClNO/c14-13-7-6-11(9-15-13)12(16)8-10-4-2-1-3-5-10/h6-7,9-10,12,16H,1-5,8H2. The van der Waals surface area contributed by atoms with Gasteiger partial charge in [-0.25, -0.2) is 4.98 Å². The van der Waals surface area contributed by atoms with E-state index in [1.165, 1.54) is 32.1 Å². The molecule has 88 valence electrons. The van der Waals surface area contributed by atoms with Crippen molar-refractivity contribution in [3.8, 4) is 0 Å². The van der Waals surface area contributed by atoms with Gasteiger partial charge in [0.25, 0.3) is 0 Å². The van der Waals surface area contributed by atoms with Gasteiger partial charge in [-0.1, -0.05) is 49.8 Å². The summed E-state index contributed by atoms with van der Waals surface area (Å²) in [7, 11) is 0. The molecule has 1 N–H and O–H groups in total. The Morgan fingerprint density at radius 1 is 1.31 bits per heavy atom. The number of nitrogens with zero attached hydrogens (tertiary/aromatic N) is 1. The van der Waals surface area contributed by atoms with E-state index in [0.29, 0.717) is 11.1 Å². The van der Waals surface area contributed by atoms with E-state index in [1.54, 1.807) is 12.3 Å². The molecule has 1 aliphatic rings. The second-order valence-corrected chi connectivity index (χ2v) is 5.06. The Balaban J connectivity index is 1.91. The lowest BCUT2D eigenvalue weighted by atomic mass is 9.84. The predicted molar refractivity (Wildman–Crippen MR) is 65.4 cm³/mol. The van der Waals surface area contributed by atoms with E-state index in [2.05, 4.69) is 4.98 Å². The summed E-state index contributed by atoms with van der Waals surface area (Å²) in [5.41, 5.74) is 0.884. The van der Waals surface area contributed by atoms with Gasteiger partial charge in [0.05, 0.1) is 6.10 Å². The molecular formula is C13H18ClNO. The second-order valence-electron chi connectivity index (χ2n) is 4.67. The Morgan fingerprint density at radius 2 is 2.06 bits per heavy atom. The third-order valence-corrected chi connectivity index (χ3v) is 3.64. The zero-order valence-corrected chi connectivity index (χ0v) is 10.2. The summed E-state index contributed by atoms with van der Waals surface area (Å²) in [6.07, 6.45) is 8.67. The highest BCUT2D eigenvalue weighted by molar-refractivity contribution is 6.29. The smallest absolute Gasteiger partial charge is 0.129 e. The molecule has 0 radical (unpaired) electrons. The van der Waals surface area contributed by atoms with Gasteiger partial charge in [-0.3, -0.25) is 0 Å². The summed E-state index contributed by atoms with van der Waals surface area (Å²) in [4.78, 5) is 4.00. The molecule has 0 amide bonds. The molecule has 3 heteroatoms. The topological polar surface area (TPSA) is 33.1 Å². The second kappa shape index (κ2) is 5.65. The molecule has 1 aromatic heterocycles. The van der Waals surface area contributed by atoms with E-state index < -0.39 is 0 Å². The van der Waals surface area contributed by atoms with Gasteiger partial charge < -0.3 is 5.11 Å². The first-order chi connectivity index (χ1) is 7.75. The lowest BCUT2D eigenvalue weighted by molar-refractivity contribution is 0.131. The number of aliphatic hydroxyl groups is 1. The maximum atomic E-state index is 10.1. The first-order valence-corrected chi connectivity index (χ1v) is 6.43. The molecule has 0 spiro atoms. The number of rotatable bonds is 3. The van der Waals surface area contributed by atoms with Crippen molar-refractivity contribution >= 4 is 11.6 Å². The molecule has 2 rings (SSSR count). The van der Waals surface area contributed by atoms with Gasteiger partial charge in [0.1, 0.15) is 5.15 Å². The van der Waals surface area contributed by atoms with Crippen LogP contribution in [0.25, 0.3) is 0 Å². The summed E-state index contributed by atoms with van der Waals surface area (Å²) in [6.45, 7) is 0. The van der Waals surface area contributed by atoms with Crippen LogP contribution >= 0.6 is 11.6 Å². The van der Waals surface area contributed by atoms with Crippen LogP contribution in [0.3, 0.4) is 0 Å². The van der Waals surface area contributed by atoms with Gasteiger partial charge in [0.2, 0.25) is 0 Å². The Kier molecular flexibility index (Phi) is 4.19. The van der Waals surface area contributed by atoms with Crippen LogP contribution in [0.4, 0.5) is 0 Å². The van der Waals surface area contributed by atoms with Crippen molar-refractivity contribution in [2.45, 2.75) is 44.6 Å². The average molecular weight is 240 g/mol. The minimum absolute atomic E-state index is 0.382. The van der Waals surface area contributed by atoms with E-state index in [9.17, 15) is 5.11 Å². The number of halogens is 1. The van der Waals surface area contributed by atoms with Gasteiger partial charge >= 0.3 is 0 Å². The van der Waals surface area contributed by atoms with Crippen LogP contribution in [-0.2, 0) is 0 Å². The van der Waals surface area contributed by atoms with E-state index in [-0.39, 0.29) is 6.10 Å². The maximum Gasteiger partial charge on any atom is 0.129 e. The van der Waals surface area contributed by atoms with Crippen molar-refractivity contribution in [3.63, 3.8) is 0 Å². The van der Waals surface area contributed by atoms with Crippen LogP contribution < -0.4 is 0 Å². The first-order valence-electron chi connectivity index (χ1n) is 6.05. The molecule has 0 aliphatic heterocycles. The third kappa shape index (κ3) is 3.19. The van der Waals surface area contributed by atoms with Crippen molar-refractivity contribution < 1.29 is 5.11 Å². The van der Waals surface area contributed by atoms with Gasteiger partial charge in [-0.05, 0) is 24.0 Å². The summed E-state index contributed by atoms with van der Waals surface area (Å²) in [6, 6.07) is 3.60. The third-order valence-electron chi connectivity index (χ3n) is 3.42. The van der Waals surface area contributed by atoms with E-state index >= 15 is 0 Å². The molecule has 1 atom stereocenters. The fourth-order valence-corrected chi connectivity index (χ4v) is 2.57. The summed E-state index contributed by atoms with van der Waals surface area (Å²) < 4.78 is 0. The van der Waals surface area contributed by atoms with E-state index in [0.717, 1.165) is 12.0 Å². The van der Waals surface area contributed by atoms with Crippen LogP contribution in [0.1, 0.15) is 50.2 Å². The van der Waals surface area contributed by atoms with Crippen LogP contribution in [0.2, 0.25) is 5.15 Å². The number of aromatic nitrogens is 1. The fourth-order valence-electron chi connectivity index (χ4n) is 2.46. The van der Waals surface area contributed by atoms with Crippen LogP contribution in [0.5, 0.6) is 0 Å². The van der Waals surface area contributed by atoms with Crippen molar-refractivity contribution in [3.05, 3.63) is 29.0 Å². The molecule has 0 saturated heterocycles. The molecule has 1 fully saturated rings. The van der Waals surface area contributed by atoms with E-state index in [1.807, 2.05) is 6.07 Å². The molecule has 1 heterocycles. The molecule has 1 aromatic rings. The average Bonchev–Trinajstić information content (AvgIpc) is 2.31. The Bertz CT molecular complexity index is 319. The lowest BCUT2D eigenvalue weighted by Gasteiger charge is -2.24. The minimum atomic E-state index is -0.382. The first kappa shape index (κ1) is 11.9. The highest BCUT2D eigenvalue weighted by atomic mass is 35.5. The number of pyridine rings is 1. The van der Waals surface area contributed by atoms with Gasteiger partial charge in [0, 0.05) is 6.20 Å². The molecule has 1 aliphatic carbocycles. The molecule has 1 saturated carbocycles. The predicted octanol–water partition coefficient (Wildman–Crippen LogP) is 3.74. The highest BCUT2D eigenvalue weighted by Gasteiger charge is 2.18. The monoisotopic (exact) mass is 239 g/mol. The molecule has 16 heavy (non-hydrogen) atoms. The molecule has 2 nitrogen and oxygen atoms in total. The minimum Gasteiger partial charge on any atom is -0.388 e. The number of hydrogen-bond donors (Lipinski definition) is 1. The van der Waals surface area contributed by atoms with Crippen molar-refractivity contribution in [2.24, 2.45) is 5.92 Å². The largest absolute Gasteiger partial charge is 0.388 e. The van der Waals surface area contributed by atoms with Gasteiger partial charge in [-0.15, -0.1) is 0 Å². The zero-order chi connectivity index (χ0) is 11.4. The summed E-state index contributed by atoms with van der Waals surface area (Å²) in [5, 5.41) is 10.6. The molecule has 0 aromatic carbocycles. The Hall–Kier alpha value is -0.600. The van der Waals surface area contributed by atoms with Gasteiger partial charge in [0.15, 0.2) is 0 Å². The quantitative estimate of drug-likeness (QED) is 0.816. The zero-order valence-electron chi connectivity index (χ0n) is 9.40. The van der Waals surface area contributed by atoms with Crippen LogP contribution in [0.15, 0.2) is 18.3 Å². The van der Waals surface area contributed by atoms with Crippen molar-refractivity contribution in [2.75, 3.05) is 0 Å². The van der Waals surface area contributed by atoms with Crippen molar-refractivity contribution in [1.29, 1.82) is 0 Å². The summed E-state index contributed by atoms with van der Waals surface area (Å²) in [5.74, 6) is 0.680. The number of hydrogen-bond acceptors (Lipinski definition) is 2. The van der Waals surface area contributed by atoms with Crippen LogP contribution in [0, 0.1) is 5.92 Å². The highest BCUT2D eigenvalue weighted by Crippen LogP contribution is 2.31. The Morgan fingerprint density at radius 3 is 2.69 bits per heavy atom. The fraction of sp³-hybridized carbons (Fsp3) is 0.615. The van der Waals surface area contributed by atoms with E-state index in [4.69, 9.17) is 11.6 Å². The molecular weight excluding hydrogens is 222 g/mol. The normalized spacial score (nSPS) is 19.6. The SMILES string of the molecule is OC(CC1CCCCC1)c1ccc(Cl)nc1.